The molecule has 5 rings (SSSR count). The molecular formula is C31H26BrClN4O3. The molecule has 1 aromatic heterocycles. The fraction of sp³-hybridized carbons (Fsp3) is 0.161. The Morgan fingerprint density at radius 2 is 1.88 bits per heavy atom. The van der Waals surface area contributed by atoms with Crippen LogP contribution in [0.5, 0.6) is 5.75 Å². The molecule has 40 heavy (non-hydrogen) atoms. The van der Waals surface area contributed by atoms with Gasteiger partial charge in [0.15, 0.2) is 6.61 Å². The van der Waals surface area contributed by atoms with E-state index in [0.29, 0.717) is 38.8 Å². The summed E-state index contributed by atoms with van der Waals surface area (Å²) < 4.78 is 8.12. The second kappa shape index (κ2) is 12.0. The van der Waals surface area contributed by atoms with Gasteiger partial charge in [-0.2, -0.15) is 9.78 Å². The zero-order valence-electron chi connectivity index (χ0n) is 21.9. The minimum Gasteiger partial charge on any atom is -0.483 e. The van der Waals surface area contributed by atoms with Crippen molar-refractivity contribution in [2.75, 3.05) is 11.9 Å². The molecule has 0 aliphatic rings. The van der Waals surface area contributed by atoms with Crippen molar-refractivity contribution >= 4 is 67.0 Å². The average molecular weight is 618 g/mol. The van der Waals surface area contributed by atoms with E-state index in [1.54, 1.807) is 42.6 Å². The van der Waals surface area contributed by atoms with E-state index in [0.717, 1.165) is 21.7 Å². The van der Waals surface area contributed by atoms with Crippen LogP contribution in [0, 0.1) is 0 Å². The maximum absolute atomic E-state index is 13.6. The Balaban J connectivity index is 1.53. The van der Waals surface area contributed by atoms with Gasteiger partial charge in [0, 0.05) is 26.7 Å². The number of anilines is 1. The highest BCUT2D eigenvalue weighted by Crippen LogP contribution is 2.27. The standard InChI is InChI=1S/C31H26BrClN4O3/c1-3-19(2)30-36-27-14-9-21(32)16-25(27)31(39)37(30)34-17-26-24-7-5-4-6-20(24)8-15-28(26)40-18-29(38)35-23-12-10-22(33)11-13-23/h4-17,19H,3,18H2,1-2H3,(H,35,38)/t19-/m1/s1. The summed E-state index contributed by atoms with van der Waals surface area (Å²) in [5.41, 5.74) is 1.62. The van der Waals surface area contributed by atoms with Gasteiger partial charge in [0.25, 0.3) is 11.5 Å². The van der Waals surface area contributed by atoms with Crippen LogP contribution in [0.15, 0.2) is 93.2 Å². The van der Waals surface area contributed by atoms with E-state index in [4.69, 9.17) is 21.3 Å². The third-order valence-electron chi connectivity index (χ3n) is 6.61. The van der Waals surface area contributed by atoms with Crippen LogP contribution in [-0.2, 0) is 4.79 Å². The maximum Gasteiger partial charge on any atom is 0.282 e. The molecule has 0 bridgehead atoms. The van der Waals surface area contributed by atoms with Crippen LogP contribution < -0.4 is 15.6 Å². The lowest BCUT2D eigenvalue weighted by Crippen LogP contribution is -2.24. The van der Waals surface area contributed by atoms with Gasteiger partial charge < -0.3 is 10.1 Å². The van der Waals surface area contributed by atoms with Crippen molar-refractivity contribution in [1.82, 2.24) is 9.66 Å². The SMILES string of the molecule is CC[C@@H](C)c1nc2ccc(Br)cc2c(=O)n1N=Cc1c(OCC(=O)Nc2ccc(Cl)cc2)ccc2ccccc12. The van der Waals surface area contributed by atoms with Gasteiger partial charge in [-0.3, -0.25) is 9.59 Å². The van der Waals surface area contributed by atoms with E-state index in [1.165, 1.54) is 4.68 Å². The van der Waals surface area contributed by atoms with Crippen molar-refractivity contribution in [3.63, 3.8) is 0 Å². The van der Waals surface area contributed by atoms with Crippen LogP contribution in [0.2, 0.25) is 5.02 Å². The predicted molar refractivity (Wildman–Crippen MR) is 165 cm³/mol. The smallest absolute Gasteiger partial charge is 0.282 e. The molecule has 0 saturated carbocycles. The first kappa shape index (κ1) is 27.6. The van der Waals surface area contributed by atoms with E-state index < -0.39 is 0 Å². The third-order valence-corrected chi connectivity index (χ3v) is 7.35. The zero-order chi connectivity index (χ0) is 28.2. The molecule has 0 aliphatic heterocycles. The molecular weight excluding hydrogens is 592 g/mol. The van der Waals surface area contributed by atoms with Crippen molar-refractivity contribution in [1.29, 1.82) is 0 Å². The molecule has 5 aromatic rings. The number of benzene rings is 4. The van der Waals surface area contributed by atoms with Crippen LogP contribution in [0.25, 0.3) is 21.7 Å². The van der Waals surface area contributed by atoms with Crippen LogP contribution in [-0.4, -0.2) is 28.4 Å². The number of nitrogens with zero attached hydrogens (tertiary/aromatic N) is 3. The molecule has 7 nitrogen and oxygen atoms in total. The van der Waals surface area contributed by atoms with Crippen LogP contribution >= 0.6 is 27.5 Å². The lowest BCUT2D eigenvalue weighted by Gasteiger charge is -2.15. The highest BCUT2D eigenvalue weighted by molar-refractivity contribution is 9.10. The molecule has 1 heterocycles. The van der Waals surface area contributed by atoms with Crippen LogP contribution in [0.3, 0.4) is 0 Å². The highest BCUT2D eigenvalue weighted by atomic mass is 79.9. The molecule has 0 spiro atoms. The molecule has 4 aromatic carbocycles. The second-order valence-corrected chi connectivity index (χ2v) is 10.7. The van der Waals surface area contributed by atoms with Gasteiger partial charge in [0.1, 0.15) is 11.6 Å². The van der Waals surface area contributed by atoms with E-state index in [1.807, 2.05) is 56.3 Å². The number of ether oxygens (including phenoxy) is 1. The first-order valence-corrected chi connectivity index (χ1v) is 14.0. The van der Waals surface area contributed by atoms with Gasteiger partial charge in [0.2, 0.25) is 0 Å². The number of aromatic nitrogens is 2. The summed E-state index contributed by atoms with van der Waals surface area (Å²) in [6.45, 7) is 3.85. The lowest BCUT2D eigenvalue weighted by atomic mass is 10.0. The van der Waals surface area contributed by atoms with Gasteiger partial charge in [-0.15, -0.1) is 0 Å². The third kappa shape index (κ3) is 5.93. The number of hydrogen-bond acceptors (Lipinski definition) is 5. The van der Waals surface area contributed by atoms with Crippen molar-refractivity contribution in [3.8, 4) is 5.75 Å². The second-order valence-electron chi connectivity index (χ2n) is 9.34. The number of hydrogen-bond donors (Lipinski definition) is 1. The molecule has 0 radical (unpaired) electrons. The topological polar surface area (TPSA) is 85.6 Å². The number of carbonyl (C=O) groups is 1. The number of nitrogens with one attached hydrogen (secondary N) is 1. The number of rotatable bonds is 8. The fourth-order valence-electron chi connectivity index (χ4n) is 4.30. The van der Waals surface area contributed by atoms with Gasteiger partial charge >= 0.3 is 0 Å². The summed E-state index contributed by atoms with van der Waals surface area (Å²) in [6, 6.07) is 23.8. The summed E-state index contributed by atoms with van der Waals surface area (Å²) in [6.07, 6.45) is 2.39. The molecule has 1 atom stereocenters. The summed E-state index contributed by atoms with van der Waals surface area (Å²) >= 11 is 9.38. The molecule has 0 fully saturated rings. The minimum absolute atomic E-state index is 0.00213. The number of halogens is 2. The zero-order valence-corrected chi connectivity index (χ0v) is 24.2. The Morgan fingerprint density at radius 1 is 1.10 bits per heavy atom. The van der Waals surface area contributed by atoms with E-state index >= 15 is 0 Å². The number of carbonyl (C=O) groups excluding carboxylic acids is 1. The molecule has 1 N–H and O–H groups in total. The highest BCUT2D eigenvalue weighted by Gasteiger charge is 2.16. The van der Waals surface area contributed by atoms with E-state index in [9.17, 15) is 9.59 Å². The monoisotopic (exact) mass is 616 g/mol. The predicted octanol–water partition coefficient (Wildman–Crippen LogP) is 7.38. The summed E-state index contributed by atoms with van der Waals surface area (Å²) in [5, 5.41) is 10.3. The fourth-order valence-corrected chi connectivity index (χ4v) is 4.79. The Hall–Kier alpha value is -4.01. The maximum atomic E-state index is 13.6. The summed E-state index contributed by atoms with van der Waals surface area (Å²) in [7, 11) is 0. The molecule has 0 unspecified atom stereocenters. The van der Waals surface area contributed by atoms with Gasteiger partial charge in [-0.25, -0.2) is 4.98 Å². The van der Waals surface area contributed by atoms with Crippen molar-refractivity contribution in [3.05, 3.63) is 110 Å². The number of fused-ring (bicyclic) bond motifs is 2. The van der Waals surface area contributed by atoms with E-state index in [2.05, 4.69) is 26.3 Å². The molecule has 1 amide bonds. The quantitative estimate of drug-likeness (QED) is 0.184. The van der Waals surface area contributed by atoms with Crippen LogP contribution in [0.4, 0.5) is 5.69 Å². The largest absolute Gasteiger partial charge is 0.483 e. The summed E-state index contributed by atoms with van der Waals surface area (Å²) in [4.78, 5) is 31.0. The molecule has 202 valence electrons. The average Bonchev–Trinajstić information content (AvgIpc) is 2.96. The molecule has 0 aliphatic carbocycles. The van der Waals surface area contributed by atoms with Gasteiger partial charge in [-0.05, 0) is 65.7 Å². The Bertz CT molecular complexity index is 1800. The van der Waals surface area contributed by atoms with Crippen molar-refractivity contribution in [2.45, 2.75) is 26.2 Å². The van der Waals surface area contributed by atoms with Crippen molar-refractivity contribution in [2.24, 2.45) is 5.10 Å². The first-order chi connectivity index (χ1) is 19.3. The van der Waals surface area contributed by atoms with E-state index in [-0.39, 0.29) is 24.0 Å². The van der Waals surface area contributed by atoms with Crippen LogP contribution in [0.1, 0.15) is 37.6 Å². The first-order valence-electron chi connectivity index (χ1n) is 12.8. The van der Waals surface area contributed by atoms with Crippen molar-refractivity contribution < 1.29 is 9.53 Å². The molecule has 9 heteroatoms. The number of amides is 1. The Labute approximate surface area is 244 Å². The minimum atomic E-state index is -0.321. The Kier molecular flexibility index (Phi) is 8.28. The molecule has 0 saturated heterocycles. The lowest BCUT2D eigenvalue weighted by molar-refractivity contribution is -0.118. The summed E-state index contributed by atoms with van der Waals surface area (Å²) in [5.74, 6) is 0.711. The Morgan fingerprint density at radius 3 is 2.65 bits per heavy atom. The van der Waals surface area contributed by atoms with Gasteiger partial charge in [-0.1, -0.05) is 71.7 Å². The normalized spacial score (nSPS) is 12.2. The van der Waals surface area contributed by atoms with Gasteiger partial charge in [0.05, 0.1) is 17.1 Å².